The van der Waals surface area contributed by atoms with Gasteiger partial charge in [0.2, 0.25) is 5.91 Å². The van der Waals surface area contributed by atoms with Gasteiger partial charge in [-0.15, -0.1) is 0 Å². The van der Waals surface area contributed by atoms with Crippen molar-refractivity contribution in [1.82, 2.24) is 10.2 Å². The van der Waals surface area contributed by atoms with E-state index in [9.17, 15) is 4.79 Å². The van der Waals surface area contributed by atoms with Crippen LogP contribution in [0.25, 0.3) is 0 Å². The predicted octanol–water partition coefficient (Wildman–Crippen LogP) is 3.28. The van der Waals surface area contributed by atoms with E-state index in [2.05, 4.69) is 10.2 Å². The van der Waals surface area contributed by atoms with E-state index in [4.69, 9.17) is 27.9 Å². The monoisotopic (exact) mass is 344 g/mol. The highest BCUT2D eigenvalue weighted by Gasteiger charge is 2.24. The number of nitrogens with one attached hydrogen (secondary N) is 1. The number of nitrogens with zero attached hydrogens (tertiary/aromatic N) is 1. The molecule has 122 valence electrons. The van der Waals surface area contributed by atoms with Crippen LogP contribution in [0.5, 0.6) is 0 Å². The van der Waals surface area contributed by atoms with Gasteiger partial charge in [-0.2, -0.15) is 0 Å². The van der Waals surface area contributed by atoms with Crippen LogP contribution in [0.3, 0.4) is 0 Å². The number of halogens is 2. The topological polar surface area (TPSA) is 41.6 Å². The number of carbonyl (C=O) groups is 1. The van der Waals surface area contributed by atoms with Gasteiger partial charge in [0, 0.05) is 23.1 Å². The fourth-order valence-corrected chi connectivity index (χ4v) is 3.41. The number of carbonyl (C=O) groups excluding carboxylic acids is 1. The first-order valence-electron chi connectivity index (χ1n) is 7.47. The van der Waals surface area contributed by atoms with Crippen molar-refractivity contribution in [2.24, 2.45) is 0 Å². The van der Waals surface area contributed by atoms with Crippen molar-refractivity contribution in [3.63, 3.8) is 0 Å². The average Bonchev–Trinajstić information content (AvgIpc) is 2.36. The molecule has 22 heavy (non-hydrogen) atoms. The molecule has 3 atom stereocenters. The van der Waals surface area contributed by atoms with E-state index in [1.165, 1.54) is 0 Å². The molecular weight excluding hydrogens is 323 g/mol. The molecule has 1 aliphatic rings. The third-order valence-electron chi connectivity index (χ3n) is 3.67. The molecular formula is C16H22Cl2N2O2. The zero-order valence-electron chi connectivity index (χ0n) is 13.1. The standard InChI is InChI=1S/C16H22Cl2N2O2/c1-10-7-20(8-11(2)22-10)9-16(21)19-12(3)14-5-4-13(17)6-15(14)18/h4-6,10-12H,7-9H2,1-3H3,(H,19,21)/t10-,11-,12-/m0/s1. The molecule has 1 saturated heterocycles. The number of morpholine rings is 1. The highest BCUT2D eigenvalue weighted by atomic mass is 35.5. The summed E-state index contributed by atoms with van der Waals surface area (Å²) in [6.45, 7) is 7.88. The molecule has 0 radical (unpaired) electrons. The fourth-order valence-electron chi connectivity index (χ4n) is 2.83. The minimum atomic E-state index is -0.159. The molecule has 6 heteroatoms. The molecule has 1 amide bonds. The van der Waals surface area contributed by atoms with E-state index in [0.717, 1.165) is 18.7 Å². The third kappa shape index (κ3) is 4.85. The summed E-state index contributed by atoms with van der Waals surface area (Å²) in [5.41, 5.74) is 0.864. The van der Waals surface area contributed by atoms with Crippen LogP contribution in [0.2, 0.25) is 10.0 Å². The summed E-state index contributed by atoms with van der Waals surface area (Å²) < 4.78 is 5.67. The molecule has 1 aromatic carbocycles. The van der Waals surface area contributed by atoms with Gasteiger partial charge in [-0.3, -0.25) is 9.69 Å². The van der Waals surface area contributed by atoms with Crippen molar-refractivity contribution in [3.05, 3.63) is 33.8 Å². The smallest absolute Gasteiger partial charge is 0.234 e. The van der Waals surface area contributed by atoms with Crippen molar-refractivity contribution >= 4 is 29.1 Å². The minimum Gasteiger partial charge on any atom is -0.373 e. The lowest BCUT2D eigenvalue weighted by Crippen LogP contribution is -2.49. The van der Waals surface area contributed by atoms with Gasteiger partial charge >= 0.3 is 0 Å². The third-order valence-corrected chi connectivity index (χ3v) is 4.23. The van der Waals surface area contributed by atoms with Crippen LogP contribution in [0, 0.1) is 0 Å². The maximum Gasteiger partial charge on any atom is 0.234 e. The van der Waals surface area contributed by atoms with E-state index in [1.807, 2.05) is 26.8 Å². The second-order valence-corrected chi connectivity index (χ2v) is 6.75. The minimum absolute atomic E-state index is 0.0141. The first-order valence-corrected chi connectivity index (χ1v) is 8.23. The SMILES string of the molecule is C[C@H](NC(=O)CN1C[C@H](C)O[C@@H](C)C1)c1ccc(Cl)cc1Cl. The Labute approximate surface area is 141 Å². The molecule has 1 heterocycles. The Morgan fingerprint density at radius 2 is 2.00 bits per heavy atom. The van der Waals surface area contributed by atoms with Gasteiger partial charge in [-0.05, 0) is 38.5 Å². The number of hydrogen-bond donors (Lipinski definition) is 1. The summed E-state index contributed by atoms with van der Waals surface area (Å²) in [6.07, 6.45) is 0.305. The number of hydrogen-bond acceptors (Lipinski definition) is 3. The molecule has 2 rings (SSSR count). The Kier molecular flexibility index (Phi) is 6.09. The molecule has 0 aliphatic carbocycles. The molecule has 0 bridgehead atoms. The molecule has 0 spiro atoms. The number of amides is 1. The van der Waals surface area contributed by atoms with Crippen molar-refractivity contribution in [2.45, 2.75) is 39.0 Å². The molecule has 0 saturated carbocycles. The summed E-state index contributed by atoms with van der Waals surface area (Å²) in [6, 6.07) is 5.14. The van der Waals surface area contributed by atoms with E-state index in [-0.39, 0.29) is 24.2 Å². The zero-order chi connectivity index (χ0) is 16.3. The lowest BCUT2D eigenvalue weighted by atomic mass is 10.1. The van der Waals surface area contributed by atoms with Gasteiger partial charge in [-0.1, -0.05) is 29.3 Å². The highest BCUT2D eigenvalue weighted by Crippen LogP contribution is 2.26. The Morgan fingerprint density at radius 3 is 2.59 bits per heavy atom. The zero-order valence-corrected chi connectivity index (χ0v) is 14.6. The summed E-state index contributed by atoms with van der Waals surface area (Å²) in [4.78, 5) is 14.3. The molecule has 1 N–H and O–H groups in total. The van der Waals surface area contributed by atoms with Crippen molar-refractivity contribution in [3.8, 4) is 0 Å². The lowest BCUT2D eigenvalue weighted by molar-refractivity contribution is -0.126. The van der Waals surface area contributed by atoms with E-state index < -0.39 is 0 Å². The first-order chi connectivity index (χ1) is 10.3. The van der Waals surface area contributed by atoms with Crippen LogP contribution >= 0.6 is 23.2 Å². The van der Waals surface area contributed by atoms with Crippen LogP contribution in [0.4, 0.5) is 0 Å². The van der Waals surface area contributed by atoms with Crippen molar-refractivity contribution in [2.75, 3.05) is 19.6 Å². The maximum absolute atomic E-state index is 12.2. The second kappa shape index (κ2) is 7.64. The molecule has 1 aromatic rings. The van der Waals surface area contributed by atoms with Gasteiger partial charge in [0.1, 0.15) is 0 Å². The van der Waals surface area contributed by atoms with Crippen molar-refractivity contribution < 1.29 is 9.53 Å². The number of ether oxygens (including phenoxy) is 1. The largest absolute Gasteiger partial charge is 0.373 e. The van der Waals surface area contributed by atoms with Gasteiger partial charge < -0.3 is 10.1 Å². The summed E-state index contributed by atoms with van der Waals surface area (Å²) in [5.74, 6) is -0.0141. The van der Waals surface area contributed by atoms with Crippen LogP contribution < -0.4 is 5.32 Å². The summed E-state index contributed by atoms with van der Waals surface area (Å²) >= 11 is 12.1. The molecule has 1 aliphatic heterocycles. The quantitative estimate of drug-likeness (QED) is 0.911. The first kappa shape index (κ1) is 17.5. The van der Waals surface area contributed by atoms with Crippen LogP contribution in [0.1, 0.15) is 32.4 Å². The van der Waals surface area contributed by atoms with Crippen LogP contribution in [0.15, 0.2) is 18.2 Å². The fraction of sp³-hybridized carbons (Fsp3) is 0.562. The maximum atomic E-state index is 12.2. The molecule has 1 fully saturated rings. The number of benzene rings is 1. The molecule has 0 unspecified atom stereocenters. The predicted molar refractivity (Wildman–Crippen MR) is 89.5 cm³/mol. The average molecular weight is 345 g/mol. The van der Waals surface area contributed by atoms with Gasteiger partial charge in [0.05, 0.1) is 24.8 Å². The van der Waals surface area contributed by atoms with E-state index >= 15 is 0 Å². The normalized spacial score (nSPS) is 24.0. The lowest BCUT2D eigenvalue weighted by Gasteiger charge is -2.35. The van der Waals surface area contributed by atoms with Crippen molar-refractivity contribution in [1.29, 1.82) is 0 Å². The van der Waals surface area contributed by atoms with E-state index in [0.29, 0.717) is 16.6 Å². The second-order valence-electron chi connectivity index (χ2n) is 5.91. The van der Waals surface area contributed by atoms with Gasteiger partial charge in [0.25, 0.3) is 0 Å². The Hall–Kier alpha value is -0.810. The molecule has 0 aromatic heterocycles. The molecule has 4 nitrogen and oxygen atoms in total. The number of rotatable bonds is 4. The van der Waals surface area contributed by atoms with Crippen LogP contribution in [-0.2, 0) is 9.53 Å². The summed E-state index contributed by atoms with van der Waals surface area (Å²) in [7, 11) is 0. The Morgan fingerprint density at radius 1 is 1.36 bits per heavy atom. The van der Waals surface area contributed by atoms with Gasteiger partial charge in [-0.25, -0.2) is 0 Å². The summed E-state index contributed by atoms with van der Waals surface area (Å²) in [5, 5.41) is 4.13. The van der Waals surface area contributed by atoms with E-state index in [1.54, 1.807) is 12.1 Å². The Balaban J connectivity index is 1.91. The van der Waals surface area contributed by atoms with Gasteiger partial charge in [0.15, 0.2) is 0 Å². The van der Waals surface area contributed by atoms with Crippen LogP contribution in [-0.4, -0.2) is 42.6 Å². The highest BCUT2D eigenvalue weighted by molar-refractivity contribution is 6.35. The Bertz CT molecular complexity index is 529.